The number of sulfonamides is 1. The Kier molecular flexibility index (Phi) is 6.60. The van der Waals surface area contributed by atoms with Crippen LogP contribution in [-0.2, 0) is 19.6 Å². The van der Waals surface area contributed by atoms with Crippen molar-refractivity contribution in [3.63, 3.8) is 0 Å². The quantitative estimate of drug-likeness (QED) is 0.635. The predicted molar refractivity (Wildman–Crippen MR) is 118 cm³/mol. The summed E-state index contributed by atoms with van der Waals surface area (Å²) in [6, 6.07) is 10.7. The number of piperidine rings is 1. The van der Waals surface area contributed by atoms with Gasteiger partial charge in [0.05, 0.1) is 18.6 Å². The lowest BCUT2D eigenvalue weighted by Crippen LogP contribution is -2.56. The average molecular weight is 479 g/mol. The maximum Gasteiger partial charge on any atom is 0.260 e. The van der Waals surface area contributed by atoms with Gasteiger partial charge in [-0.1, -0.05) is 0 Å². The second-order valence-electron chi connectivity index (χ2n) is 8.13. The SMILES string of the molecule is COc1ccc(OCC(=O)N2CCC3(CC2)OCCN3S(=O)(=O)c2ccc(F)c(C)c2)cc1. The fraction of sp³-hybridized carbons (Fsp3) is 0.435. The second-order valence-corrected chi connectivity index (χ2v) is 9.99. The van der Waals surface area contributed by atoms with Crippen molar-refractivity contribution < 1.29 is 31.8 Å². The van der Waals surface area contributed by atoms with Crippen LogP contribution in [0.25, 0.3) is 0 Å². The third-order valence-corrected chi connectivity index (χ3v) is 8.10. The first kappa shape index (κ1) is 23.5. The third kappa shape index (κ3) is 4.68. The molecule has 0 aliphatic carbocycles. The van der Waals surface area contributed by atoms with Crippen molar-refractivity contribution in [1.29, 1.82) is 0 Å². The van der Waals surface area contributed by atoms with Crippen LogP contribution in [0.3, 0.4) is 0 Å². The molecule has 2 aromatic rings. The molecule has 33 heavy (non-hydrogen) atoms. The van der Waals surface area contributed by atoms with Gasteiger partial charge >= 0.3 is 0 Å². The smallest absolute Gasteiger partial charge is 0.260 e. The van der Waals surface area contributed by atoms with Crippen LogP contribution in [0.5, 0.6) is 11.5 Å². The van der Waals surface area contributed by atoms with Gasteiger partial charge in [-0.05, 0) is 55.0 Å². The van der Waals surface area contributed by atoms with E-state index in [2.05, 4.69) is 0 Å². The van der Waals surface area contributed by atoms with Gasteiger partial charge < -0.3 is 19.1 Å². The number of aryl methyl sites for hydroxylation is 1. The summed E-state index contributed by atoms with van der Waals surface area (Å²) >= 11 is 0. The highest BCUT2D eigenvalue weighted by molar-refractivity contribution is 7.89. The zero-order valence-corrected chi connectivity index (χ0v) is 19.4. The zero-order valence-electron chi connectivity index (χ0n) is 18.6. The number of carbonyl (C=O) groups excluding carboxylic acids is 1. The zero-order chi connectivity index (χ0) is 23.6. The molecule has 1 amide bonds. The Balaban J connectivity index is 1.39. The number of amides is 1. The van der Waals surface area contributed by atoms with Gasteiger partial charge in [-0.15, -0.1) is 0 Å². The van der Waals surface area contributed by atoms with E-state index in [0.29, 0.717) is 37.4 Å². The Morgan fingerprint density at radius 3 is 2.39 bits per heavy atom. The van der Waals surface area contributed by atoms with Crippen LogP contribution in [0.1, 0.15) is 18.4 Å². The normalized spacial score (nSPS) is 18.5. The van der Waals surface area contributed by atoms with Crippen molar-refractivity contribution in [3.8, 4) is 11.5 Å². The minimum atomic E-state index is -3.87. The number of carbonyl (C=O) groups is 1. The molecule has 2 aliphatic rings. The minimum Gasteiger partial charge on any atom is -0.497 e. The number of hydrogen-bond acceptors (Lipinski definition) is 6. The van der Waals surface area contributed by atoms with Gasteiger partial charge in [-0.3, -0.25) is 4.79 Å². The molecule has 0 bridgehead atoms. The molecule has 0 atom stereocenters. The van der Waals surface area contributed by atoms with E-state index >= 15 is 0 Å². The maximum absolute atomic E-state index is 13.6. The fourth-order valence-electron chi connectivity index (χ4n) is 4.25. The van der Waals surface area contributed by atoms with Crippen LogP contribution in [0, 0.1) is 12.7 Å². The van der Waals surface area contributed by atoms with Crippen LogP contribution >= 0.6 is 0 Å². The Labute approximate surface area is 192 Å². The summed E-state index contributed by atoms with van der Waals surface area (Å²) in [7, 11) is -2.30. The van der Waals surface area contributed by atoms with Crippen LogP contribution < -0.4 is 9.47 Å². The van der Waals surface area contributed by atoms with Gasteiger partial charge in [0.15, 0.2) is 6.61 Å². The van der Waals surface area contributed by atoms with E-state index in [1.807, 2.05) is 0 Å². The van der Waals surface area contributed by atoms with Gasteiger partial charge in [0.1, 0.15) is 23.0 Å². The molecule has 0 N–H and O–H groups in total. The largest absolute Gasteiger partial charge is 0.497 e. The molecule has 0 aromatic heterocycles. The number of hydrogen-bond donors (Lipinski definition) is 0. The highest BCUT2D eigenvalue weighted by Crippen LogP contribution is 2.38. The van der Waals surface area contributed by atoms with Crippen molar-refractivity contribution in [2.75, 3.05) is 40.0 Å². The molecule has 4 rings (SSSR count). The second kappa shape index (κ2) is 9.28. The van der Waals surface area contributed by atoms with E-state index in [1.165, 1.54) is 23.4 Å². The topological polar surface area (TPSA) is 85.4 Å². The summed E-state index contributed by atoms with van der Waals surface area (Å²) in [6.45, 7) is 2.60. The van der Waals surface area contributed by atoms with Crippen LogP contribution in [0.15, 0.2) is 47.4 Å². The summed E-state index contributed by atoms with van der Waals surface area (Å²) < 4.78 is 58.2. The molecular formula is C23H27FN2O6S. The molecule has 0 saturated carbocycles. The number of rotatable bonds is 6. The Morgan fingerprint density at radius 2 is 1.76 bits per heavy atom. The monoisotopic (exact) mass is 478 g/mol. The molecule has 2 aromatic carbocycles. The molecule has 0 unspecified atom stereocenters. The number of likely N-dealkylation sites (tertiary alicyclic amines) is 1. The molecule has 8 nitrogen and oxygen atoms in total. The lowest BCUT2D eigenvalue weighted by molar-refractivity contribution is -0.142. The van der Waals surface area contributed by atoms with Gasteiger partial charge in [-0.25, -0.2) is 12.8 Å². The Hall–Kier alpha value is -2.69. The van der Waals surface area contributed by atoms with E-state index in [1.54, 1.807) is 36.3 Å². The summed E-state index contributed by atoms with van der Waals surface area (Å²) in [5.41, 5.74) is -0.739. The molecule has 0 radical (unpaired) electrons. The lowest BCUT2D eigenvalue weighted by atomic mass is 10.0. The Morgan fingerprint density at radius 1 is 1.09 bits per heavy atom. The van der Waals surface area contributed by atoms with Crippen LogP contribution in [-0.4, -0.2) is 69.2 Å². The number of methoxy groups -OCH3 is 1. The lowest BCUT2D eigenvalue weighted by Gasteiger charge is -2.42. The van der Waals surface area contributed by atoms with Gasteiger partial charge in [0.25, 0.3) is 5.91 Å². The summed E-state index contributed by atoms with van der Waals surface area (Å²) in [5.74, 6) is 0.623. The van der Waals surface area contributed by atoms with Crippen molar-refractivity contribution >= 4 is 15.9 Å². The highest BCUT2D eigenvalue weighted by Gasteiger charge is 2.51. The van der Waals surface area contributed by atoms with Gasteiger partial charge in [-0.2, -0.15) is 4.31 Å². The van der Waals surface area contributed by atoms with Crippen LogP contribution in [0.2, 0.25) is 0 Å². The van der Waals surface area contributed by atoms with E-state index < -0.39 is 21.6 Å². The third-order valence-electron chi connectivity index (χ3n) is 6.16. The van der Waals surface area contributed by atoms with E-state index in [-0.39, 0.29) is 36.1 Å². The van der Waals surface area contributed by atoms with Crippen molar-refractivity contribution in [2.45, 2.75) is 30.4 Å². The molecule has 2 aliphatic heterocycles. The number of benzene rings is 2. The first-order chi connectivity index (χ1) is 15.7. The van der Waals surface area contributed by atoms with Crippen molar-refractivity contribution in [3.05, 3.63) is 53.8 Å². The molecule has 2 heterocycles. The number of nitrogens with zero attached hydrogens (tertiary/aromatic N) is 2. The average Bonchev–Trinajstić information content (AvgIpc) is 3.23. The van der Waals surface area contributed by atoms with E-state index in [0.717, 1.165) is 6.07 Å². The van der Waals surface area contributed by atoms with Crippen molar-refractivity contribution in [2.24, 2.45) is 0 Å². The molecule has 178 valence electrons. The number of ether oxygens (including phenoxy) is 3. The molecule has 1 spiro atoms. The molecule has 2 fully saturated rings. The highest BCUT2D eigenvalue weighted by atomic mass is 32.2. The molecule has 10 heteroatoms. The molecule has 2 saturated heterocycles. The summed E-state index contributed by atoms with van der Waals surface area (Å²) in [6.07, 6.45) is 0.696. The van der Waals surface area contributed by atoms with E-state index in [9.17, 15) is 17.6 Å². The first-order valence-electron chi connectivity index (χ1n) is 10.7. The van der Waals surface area contributed by atoms with Crippen molar-refractivity contribution in [1.82, 2.24) is 9.21 Å². The summed E-state index contributed by atoms with van der Waals surface area (Å²) in [4.78, 5) is 14.3. The predicted octanol–water partition coefficient (Wildman–Crippen LogP) is 2.56. The Bertz CT molecular complexity index is 1110. The van der Waals surface area contributed by atoms with Gasteiger partial charge in [0, 0.05) is 32.5 Å². The van der Waals surface area contributed by atoms with E-state index in [4.69, 9.17) is 14.2 Å². The first-order valence-corrected chi connectivity index (χ1v) is 12.2. The van der Waals surface area contributed by atoms with Crippen LogP contribution in [0.4, 0.5) is 4.39 Å². The minimum absolute atomic E-state index is 0.0395. The van der Waals surface area contributed by atoms with Gasteiger partial charge in [0.2, 0.25) is 10.0 Å². The fourth-order valence-corrected chi connectivity index (χ4v) is 6.05. The standard InChI is InChI=1S/C23H27FN2O6S/c1-17-15-20(7-8-21(17)24)33(28,29)26-13-14-32-23(26)9-11-25(12-10-23)22(27)16-31-19-5-3-18(30-2)4-6-19/h3-8,15H,9-14,16H2,1-2H3. The summed E-state index contributed by atoms with van der Waals surface area (Å²) in [5, 5.41) is 0. The molecular weight excluding hydrogens is 451 g/mol. The maximum atomic E-state index is 13.6. The number of halogens is 1.